The zero-order chi connectivity index (χ0) is 18.8. The van der Waals surface area contributed by atoms with Gasteiger partial charge in [-0.05, 0) is 42.7 Å². The Morgan fingerprint density at radius 1 is 1.04 bits per heavy atom. The fourth-order valence-corrected chi connectivity index (χ4v) is 2.53. The van der Waals surface area contributed by atoms with Crippen molar-refractivity contribution >= 4 is 17.5 Å². The molecule has 0 aliphatic rings. The Morgan fingerprint density at radius 2 is 1.77 bits per heavy atom. The maximum Gasteiger partial charge on any atom is 0.253 e. The third-order valence-corrected chi connectivity index (χ3v) is 4.06. The number of rotatable bonds is 9. The van der Waals surface area contributed by atoms with E-state index in [0.29, 0.717) is 30.6 Å². The minimum absolute atomic E-state index is 0.116. The van der Waals surface area contributed by atoms with Gasteiger partial charge in [-0.15, -0.1) is 0 Å². The maximum atomic E-state index is 12.3. The van der Waals surface area contributed by atoms with E-state index in [1.165, 1.54) is 0 Å². The largest absolute Gasteiger partial charge is 0.497 e. The highest BCUT2D eigenvalue weighted by Crippen LogP contribution is 2.16. The van der Waals surface area contributed by atoms with Gasteiger partial charge in [0.1, 0.15) is 5.75 Å². The van der Waals surface area contributed by atoms with E-state index in [0.717, 1.165) is 24.2 Å². The number of benzene rings is 2. The zero-order valence-electron chi connectivity index (χ0n) is 15.4. The molecule has 2 amide bonds. The second-order valence-corrected chi connectivity index (χ2v) is 6.05. The van der Waals surface area contributed by atoms with Crippen LogP contribution in [-0.2, 0) is 11.2 Å². The number of anilines is 1. The molecule has 5 heteroatoms. The fourth-order valence-electron chi connectivity index (χ4n) is 2.53. The van der Waals surface area contributed by atoms with Crippen LogP contribution >= 0.6 is 0 Å². The number of para-hydroxylation sites is 1. The number of hydrogen-bond acceptors (Lipinski definition) is 3. The highest BCUT2D eigenvalue weighted by Gasteiger charge is 2.12. The summed E-state index contributed by atoms with van der Waals surface area (Å²) in [6.45, 7) is 2.71. The molecule has 0 atom stereocenters. The van der Waals surface area contributed by atoms with Crippen LogP contribution in [0, 0.1) is 0 Å². The van der Waals surface area contributed by atoms with Crippen LogP contribution in [0.15, 0.2) is 48.5 Å². The first-order valence-corrected chi connectivity index (χ1v) is 8.94. The Kier molecular flexibility index (Phi) is 7.68. The summed E-state index contributed by atoms with van der Waals surface area (Å²) in [6, 6.07) is 14.7. The summed E-state index contributed by atoms with van der Waals surface area (Å²) in [6.07, 6.45) is 2.92. The molecule has 0 heterocycles. The molecule has 0 fully saturated rings. The average Bonchev–Trinajstić information content (AvgIpc) is 2.67. The second-order valence-electron chi connectivity index (χ2n) is 6.05. The number of nitrogens with one attached hydrogen (secondary N) is 2. The number of unbranched alkanes of at least 4 members (excludes halogenated alkanes) is 1. The summed E-state index contributed by atoms with van der Waals surface area (Å²) in [7, 11) is 1.62. The topological polar surface area (TPSA) is 67.4 Å². The Bertz CT molecular complexity index is 726. The van der Waals surface area contributed by atoms with E-state index in [-0.39, 0.29) is 11.8 Å². The number of methoxy groups -OCH3 is 1. The Hall–Kier alpha value is -2.82. The number of aryl methyl sites for hydroxylation is 1. The summed E-state index contributed by atoms with van der Waals surface area (Å²) in [5, 5.41) is 5.73. The van der Waals surface area contributed by atoms with Crippen molar-refractivity contribution < 1.29 is 14.3 Å². The van der Waals surface area contributed by atoms with Gasteiger partial charge in [0.15, 0.2) is 0 Å². The van der Waals surface area contributed by atoms with Crippen molar-refractivity contribution in [3.8, 4) is 5.75 Å². The lowest BCUT2D eigenvalue weighted by Gasteiger charge is -2.11. The molecule has 2 N–H and O–H groups in total. The van der Waals surface area contributed by atoms with Crippen LogP contribution in [0.2, 0.25) is 0 Å². The normalized spacial score (nSPS) is 10.2. The molecular weight excluding hydrogens is 328 g/mol. The standard InChI is InChI=1S/C21H26N2O3/c1-3-4-15-22-21(25)18-7-5-6-8-19(18)23-20(24)14-11-16-9-12-17(26-2)13-10-16/h5-10,12-13H,3-4,11,14-15H2,1-2H3,(H,22,25)(H,23,24). The van der Waals surface area contributed by atoms with Crippen molar-refractivity contribution in [2.75, 3.05) is 19.0 Å². The van der Waals surface area contributed by atoms with Crippen molar-refractivity contribution in [2.24, 2.45) is 0 Å². The lowest BCUT2D eigenvalue weighted by atomic mass is 10.1. The highest BCUT2D eigenvalue weighted by atomic mass is 16.5. The number of carbonyl (C=O) groups excluding carboxylic acids is 2. The Balaban J connectivity index is 1.92. The van der Waals surface area contributed by atoms with Crippen LogP contribution in [0.1, 0.15) is 42.1 Å². The first-order chi connectivity index (χ1) is 12.6. The molecule has 0 saturated carbocycles. The Morgan fingerprint density at radius 3 is 2.46 bits per heavy atom. The molecule has 2 aromatic carbocycles. The van der Waals surface area contributed by atoms with Crippen molar-refractivity contribution in [1.82, 2.24) is 5.32 Å². The first kappa shape index (κ1) is 19.5. The van der Waals surface area contributed by atoms with Gasteiger partial charge in [-0.2, -0.15) is 0 Å². The second kappa shape index (κ2) is 10.2. The van der Waals surface area contributed by atoms with Gasteiger partial charge < -0.3 is 15.4 Å². The number of hydrogen-bond donors (Lipinski definition) is 2. The predicted molar refractivity (Wildman–Crippen MR) is 104 cm³/mol. The molecular formula is C21H26N2O3. The van der Waals surface area contributed by atoms with Gasteiger partial charge in [0.2, 0.25) is 5.91 Å². The molecule has 0 spiro atoms. The van der Waals surface area contributed by atoms with Gasteiger partial charge in [-0.1, -0.05) is 37.6 Å². The van der Waals surface area contributed by atoms with Gasteiger partial charge in [0.05, 0.1) is 18.4 Å². The van der Waals surface area contributed by atoms with E-state index < -0.39 is 0 Å². The highest BCUT2D eigenvalue weighted by molar-refractivity contribution is 6.03. The first-order valence-electron chi connectivity index (χ1n) is 8.94. The smallest absolute Gasteiger partial charge is 0.253 e. The van der Waals surface area contributed by atoms with E-state index in [2.05, 4.69) is 17.6 Å². The molecule has 0 saturated heterocycles. The molecule has 0 radical (unpaired) electrons. The van der Waals surface area contributed by atoms with Crippen molar-refractivity contribution in [1.29, 1.82) is 0 Å². The molecule has 2 rings (SSSR count). The van der Waals surface area contributed by atoms with E-state index in [1.807, 2.05) is 30.3 Å². The van der Waals surface area contributed by atoms with Crippen LogP contribution in [0.4, 0.5) is 5.69 Å². The van der Waals surface area contributed by atoms with Gasteiger partial charge in [0, 0.05) is 13.0 Å². The predicted octanol–water partition coefficient (Wildman–Crippen LogP) is 3.80. The molecule has 2 aromatic rings. The monoisotopic (exact) mass is 354 g/mol. The summed E-state index contributed by atoms with van der Waals surface area (Å²) in [5.74, 6) is 0.514. The lowest BCUT2D eigenvalue weighted by molar-refractivity contribution is -0.116. The molecule has 0 aromatic heterocycles. The van der Waals surface area contributed by atoms with E-state index >= 15 is 0 Å². The molecule has 0 aliphatic carbocycles. The van der Waals surface area contributed by atoms with Crippen molar-refractivity contribution in [3.05, 3.63) is 59.7 Å². The SMILES string of the molecule is CCCCNC(=O)c1ccccc1NC(=O)CCc1ccc(OC)cc1. The molecule has 26 heavy (non-hydrogen) atoms. The average molecular weight is 354 g/mol. The third kappa shape index (κ3) is 5.92. The van der Waals surface area contributed by atoms with Crippen LogP contribution in [0.3, 0.4) is 0 Å². The van der Waals surface area contributed by atoms with Gasteiger partial charge in [0.25, 0.3) is 5.91 Å². The fraction of sp³-hybridized carbons (Fsp3) is 0.333. The molecule has 0 aliphatic heterocycles. The van der Waals surface area contributed by atoms with Gasteiger partial charge in [-0.3, -0.25) is 9.59 Å². The molecule has 0 unspecified atom stereocenters. The van der Waals surface area contributed by atoms with Gasteiger partial charge >= 0.3 is 0 Å². The van der Waals surface area contributed by atoms with E-state index in [9.17, 15) is 9.59 Å². The minimum Gasteiger partial charge on any atom is -0.497 e. The van der Waals surface area contributed by atoms with Crippen LogP contribution in [0.25, 0.3) is 0 Å². The van der Waals surface area contributed by atoms with E-state index in [1.54, 1.807) is 25.3 Å². The number of carbonyl (C=O) groups is 2. The maximum absolute atomic E-state index is 12.3. The van der Waals surface area contributed by atoms with Gasteiger partial charge in [-0.25, -0.2) is 0 Å². The lowest BCUT2D eigenvalue weighted by Crippen LogP contribution is -2.26. The number of amides is 2. The van der Waals surface area contributed by atoms with Crippen LogP contribution < -0.4 is 15.4 Å². The quantitative estimate of drug-likeness (QED) is 0.673. The zero-order valence-corrected chi connectivity index (χ0v) is 15.4. The van der Waals surface area contributed by atoms with E-state index in [4.69, 9.17) is 4.74 Å². The Labute approximate surface area is 154 Å². The summed E-state index contributed by atoms with van der Waals surface area (Å²) < 4.78 is 5.13. The third-order valence-electron chi connectivity index (χ3n) is 4.06. The molecule has 5 nitrogen and oxygen atoms in total. The van der Waals surface area contributed by atoms with Crippen molar-refractivity contribution in [2.45, 2.75) is 32.6 Å². The summed E-state index contributed by atoms with van der Waals surface area (Å²) >= 11 is 0. The number of ether oxygens (including phenoxy) is 1. The minimum atomic E-state index is -0.162. The molecule has 138 valence electrons. The van der Waals surface area contributed by atoms with Crippen LogP contribution in [-0.4, -0.2) is 25.5 Å². The van der Waals surface area contributed by atoms with Crippen LogP contribution in [0.5, 0.6) is 5.75 Å². The molecule has 0 bridgehead atoms. The van der Waals surface area contributed by atoms with Crippen molar-refractivity contribution in [3.63, 3.8) is 0 Å². The summed E-state index contributed by atoms with van der Waals surface area (Å²) in [5.41, 5.74) is 2.09. The summed E-state index contributed by atoms with van der Waals surface area (Å²) in [4.78, 5) is 24.6.